The Bertz CT molecular complexity index is 262. The van der Waals surface area contributed by atoms with Gasteiger partial charge in [0.15, 0.2) is 0 Å². The van der Waals surface area contributed by atoms with Gasteiger partial charge >= 0.3 is 0 Å². The van der Waals surface area contributed by atoms with Crippen LogP contribution in [0.15, 0.2) is 18.6 Å². The summed E-state index contributed by atoms with van der Waals surface area (Å²) in [7, 11) is 1.62. The molecule has 0 aliphatic rings. The normalized spacial score (nSPS) is 9.31. The molecule has 5 heteroatoms. The Morgan fingerprint density at radius 3 is 3.00 bits per heavy atom. The van der Waals surface area contributed by atoms with Gasteiger partial charge in [-0.15, -0.1) is 0 Å². The van der Waals surface area contributed by atoms with Gasteiger partial charge in [0.25, 0.3) is 0 Å². The minimum Gasteiger partial charge on any atom is -0.368 e. The number of amides is 1. The summed E-state index contributed by atoms with van der Waals surface area (Å²) in [6, 6.07) is 0. The van der Waals surface area contributed by atoms with Crippen LogP contribution in [0, 0.1) is 0 Å². The molecule has 0 saturated heterocycles. The monoisotopic (exact) mass is 180 g/mol. The Morgan fingerprint density at radius 1 is 1.54 bits per heavy atom. The first kappa shape index (κ1) is 9.44. The van der Waals surface area contributed by atoms with Crippen LogP contribution in [-0.4, -0.2) is 29.5 Å². The second kappa shape index (κ2) is 5.08. The Morgan fingerprint density at radius 2 is 2.38 bits per heavy atom. The molecule has 1 heterocycles. The molecule has 1 rings (SSSR count). The van der Waals surface area contributed by atoms with E-state index < -0.39 is 0 Å². The number of carbonyl (C=O) groups excluding carboxylic acids is 1. The maximum Gasteiger partial charge on any atom is 0.221 e. The van der Waals surface area contributed by atoms with Crippen molar-refractivity contribution in [1.82, 2.24) is 15.3 Å². The van der Waals surface area contributed by atoms with Crippen molar-refractivity contribution in [3.8, 4) is 0 Å². The van der Waals surface area contributed by atoms with Crippen LogP contribution in [0.4, 0.5) is 5.82 Å². The highest BCUT2D eigenvalue weighted by Gasteiger charge is 1.97. The van der Waals surface area contributed by atoms with E-state index in [1.165, 1.54) is 0 Å². The van der Waals surface area contributed by atoms with Gasteiger partial charge in [0, 0.05) is 32.4 Å². The van der Waals surface area contributed by atoms with Gasteiger partial charge in [0.05, 0.1) is 6.20 Å². The molecule has 0 spiro atoms. The van der Waals surface area contributed by atoms with Crippen molar-refractivity contribution in [3.05, 3.63) is 18.6 Å². The quantitative estimate of drug-likeness (QED) is 0.685. The van der Waals surface area contributed by atoms with Gasteiger partial charge < -0.3 is 10.6 Å². The van der Waals surface area contributed by atoms with E-state index in [0.717, 1.165) is 0 Å². The molecule has 0 atom stereocenters. The van der Waals surface area contributed by atoms with Crippen molar-refractivity contribution in [1.29, 1.82) is 0 Å². The second-order valence-electron chi connectivity index (χ2n) is 2.44. The summed E-state index contributed by atoms with van der Waals surface area (Å²) in [5, 5.41) is 5.51. The van der Waals surface area contributed by atoms with Crippen LogP contribution in [0.3, 0.4) is 0 Å². The zero-order chi connectivity index (χ0) is 9.52. The summed E-state index contributed by atoms with van der Waals surface area (Å²) in [6.45, 7) is 0.568. The zero-order valence-electron chi connectivity index (χ0n) is 7.45. The average molecular weight is 180 g/mol. The van der Waals surface area contributed by atoms with Crippen LogP contribution in [0.5, 0.6) is 0 Å². The van der Waals surface area contributed by atoms with E-state index in [-0.39, 0.29) is 5.91 Å². The maximum absolute atomic E-state index is 10.8. The number of aromatic nitrogens is 2. The number of rotatable bonds is 4. The molecule has 1 aromatic heterocycles. The predicted molar refractivity (Wildman–Crippen MR) is 49.2 cm³/mol. The number of nitrogens with one attached hydrogen (secondary N) is 2. The summed E-state index contributed by atoms with van der Waals surface area (Å²) < 4.78 is 0. The predicted octanol–water partition coefficient (Wildman–Crippen LogP) is 0.0246. The third-order valence-corrected chi connectivity index (χ3v) is 1.50. The fraction of sp³-hybridized carbons (Fsp3) is 0.375. The van der Waals surface area contributed by atoms with Crippen molar-refractivity contribution in [3.63, 3.8) is 0 Å². The fourth-order valence-electron chi connectivity index (χ4n) is 0.819. The molecular formula is C8H12N4O. The third kappa shape index (κ3) is 3.50. The smallest absolute Gasteiger partial charge is 0.221 e. The van der Waals surface area contributed by atoms with Crippen LogP contribution in [0.25, 0.3) is 0 Å². The molecule has 2 N–H and O–H groups in total. The van der Waals surface area contributed by atoms with E-state index in [2.05, 4.69) is 20.6 Å². The Hall–Kier alpha value is -1.65. The first-order chi connectivity index (χ1) is 6.33. The first-order valence-corrected chi connectivity index (χ1v) is 4.03. The van der Waals surface area contributed by atoms with Crippen molar-refractivity contribution in [2.24, 2.45) is 0 Å². The highest BCUT2D eigenvalue weighted by atomic mass is 16.1. The second-order valence-corrected chi connectivity index (χ2v) is 2.44. The van der Waals surface area contributed by atoms with Gasteiger partial charge in [0.1, 0.15) is 5.82 Å². The molecule has 70 valence electrons. The molecule has 1 aromatic rings. The Kier molecular flexibility index (Phi) is 3.69. The SMILES string of the molecule is CNC(=O)CCNc1cnccn1. The number of carbonyl (C=O) groups is 1. The van der Waals surface area contributed by atoms with Gasteiger partial charge in [-0.25, -0.2) is 4.98 Å². The van der Waals surface area contributed by atoms with Gasteiger partial charge in [0.2, 0.25) is 5.91 Å². The molecule has 1 amide bonds. The summed E-state index contributed by atoms with van der Waals surface area (Å²) in [5.41, 5.74) is 0. The fourth-order valence-corrected chi connectivity index (χ4v) is 0.819. The van der Waals surface area contributed by atoms with Gasteiger partial charge in [-0.05, 0) is 0 Å². The lowest BCUT2D eigenvalue weighted by molar-refractivity contribution is -0.120. The van der Waals surface area contributed by atoms with E-state index in [4.69, 9.17) is 0 Å². The lowest BCUT2D eigenvalue weighted by atomic mass is 10.4. The highest BCUT2D eigenvalue weighted by molar-refractivity contribution is 5.75. The lowest BCUT2D eigenvalue weighted by Gasteiger charge is -2.02. The molecular weight excluding hydrogens is 168 g/mol. The maximum atomic E-state index is 10.8. The zero-order valence-corrected chi connectivity index (χ0v) is 7.45. The van der Waals surface area contributed by atoms with Crippen molar-refractivity contribution in [2.45, 2.75) is 6.42 Å². The summed E-state index contributed by atoms with van der Waals surface area (Å²) in [6.07, 6.45) is 5.25. The minimum absolute atomic E-state index is 0.0105. The van der Waals surface area contributed by atoms with Gasteiger partial charge in [-0.2, -0.15) is 0 Å². The molecule has 0 saturated carbocycles. The molecule has 0 bridgehead atoms. The third-order valence-electron chi connectivity index (χ3n) is 1.50. The molecule has 0 radical (unpaired) electrons. The minimum atomic E-state index is 0.0105. The van der Waals surface area contributed by atoms with Gasteiger partial charge in [-0.3, -0.25) is 9.78 Å². The largest absolute Gasteiger partial charge is 0.368 e. The van der Waals surface area contributed by atoms with E-state index in [9.17, 15) is 4.79 Å². The molecule has 0 unspecified atom stereocenters. The molecule has 5 nitrogen and oxygen atoms in total. The standard InChI is InChI=1S/C8H12N4O/c1-9-8(13)2-3-11-7-6-10-4-5-12-7/h4-6H,2-3H2,1H3,(H,9,13)(H,11,12). The number of nitrogens with zero attached hydrogens (tertiary/aromatic N) is 2. The summed E-state index contributed by atoms with van der Waals surface area (Å²) in [5.74, 6) is 0.697. The van der Waals surface area contributed by atoms with Crippen molar-refractivity contribution in [2.75, 3.05) is 18.9 Å². The van der Waals surface area contributed by atoms with Crippen LogP contribution < -0.4 is 10.6 Å². The van der Waals surface area contributed by atoms with Crippen LogP contribution in [0.1, 0.15) is 6.42 Å². The van der Waals surface area contributed by atoms with E-state index in [1.54, 1.807) is 25.6 Å². The van der Waals surface area contributed by atoms with Crippen LogP contribution in [-0.2, 0) is 4.79 Å². The van der Waals surface area contributed by atoms with Crippen molar-refractivity contribution >= 4 is 11.7 Å². The summed E-state index contributed by atoms with van der Waals surface area (Å²) >= 11 is 0. The van der Waals surface area contributed by atoms with Crippen molar-refractivity contribution < 1.29 is 4.79 Å². The Balaban J connectivity index is 2.24. The molecule has 0 aliphatic heterocycles. The molecule has 0 fully saturated rings. The average Bonchev–Trinajstić information content (AvgIpc) is 2.19. The van der Waals surface area contributed by atoms with E-state index >= 15 is 0 Å². The summed E-state index contributed by atoms with van der Waals surface area (Å²) in [4.78, 5) is 18.7. The Labute approximate surface area is 76.6 Å². The highest BCUT2D eigenvalue weighted by Crippen LogP contribution is 1.96. The number of hydrogen-bond donors (Lipinski definition) is 2. The topological polar surface area (TPSA) is 66.9 Å². The first-order valence-electron chi connectivity index (χ1n) is 4.03. The van der Waals surface area contributed by atoms with E-state index in [1.807, 2.05) is 0 Å². The lowest BCUT2D eigenvalue weighted by Crippen LogP contribution is -2.20. The molecule has 0 aliphatic carbocycles. The van der Waals surface area contributed by atoms with Gasteiger partial charge in [-0.1, -0.05) is 0 Å². The molecule has 0 aromatic carbocycles. The molecule has 13 heavy (non-hydrogen) atoms. The van der Waals surface area contributed by atoms with E-state index in [0.29, 0.717) is 18.8 Å². The van der Waals surface area contributed by atoms with Crippen LogP contribution >= 0.6 is 0 Å². The number of hydrogen-bond acceptors (Lipinski definition) is 4. The van der Waals surface area contributed by atoms with Crippen LogP contribution in [0.2, 0.25) is 0 Å². The number of anilines is 1.